The van der Waals surface area contributed by atoms with E-state index in [2.05, 4.69) is 16.3 Å². The molecule has 0 spiro atoms. The fourth-order valence-corrected chi connectivity index (χ4v) is 3.87. The molecule has 1 saturated heterocycles. The highest BCUT2D eigenvalue weighted by Gasteiger charge is 2.44. The number of rotatable bonds is 7. The van der Waals surface area contributed by atoms with Crippen LogP contribution in [0.4, 0.5) is 14.5 Å². The fraction of sp³-hybridized carbons (Fsp3) is 0.280. The molecule has 0 radical (unpaired) electrons. The summed E-state index contributed by atoms with van der Waals surface area (Å²) in [6.07, 6.45) is -0.218. The summed E-state index contributed by atoms with van der Waals surface area (Å²) in [6, 6.07) is 18.9. The van der Waals surface area contributed by atoms with Gasteiger partial charge >= 0.3 is 0 Å². The van der Waals surface area contributed by atoms with Crippen LogP contribution in [-0.2, 0) is 29.2 Å². The third-order valence-corrected chi connectivity index (χ3v) is 5.60. The highest BCUT2D eigenvalue weighted by Crippen LogP contribution is 2.32. The number of halogens is 2. The van der Waals surface area contributed by atoms with Gasteiger partial charge in [0.15, 0.2) is 12.5 Å². The summed E-state index contributed by atoms with van der Waals surface area (Å²) in [6.45, 7) is 2.59. The number of fused-ring (bicyclic) bond motifs is 1. The minimum absolute atomic E-state index is 0.0736. The molecule has 0 aromatic heterocycles. The van der Waals surface area contributed by atoms with Crippen LogP contribution in [0.15, 0.2) is 66.7 Å². The first-order chi connectivity index (χ1) is 15.7. The average molecular weight is 438 g/mol. The second kappa shape index (κ2) is 9.24. The number of nitrogens with zero attached hydrogens (tertiary/aromatic N) is 1. The van der Waals surface area contributed by atoms with Crippen molar-refractivity contribution in [1.29, 1.82) is 0 Å². The molecule has 2 heterocycles. The minimum atomic E-state index is -0.265. The van der Waals surface area contributed by atoms with E-state index in [0.29, 0.717) is 25.3 Å². The summed E-state index contributed by atoms with van der Waals surface area (Å²) >= 11 is 0. The van der Waals surface area contributed by atoms with Gasteiger partial charge in [0, 0.05) is 29.9 Å². The second-order valence-corrected chi connectivity index (χ2v) is 7.94. The number of hydrogen-bond donors (Lipinski definition) is 1. The van der Waals surface area contributed by atoms with Gasteiger partial charge in [0.1, 0.15) is 24.0 Å². The van der Waals surface area contributed by atoms with Gasteiger partial charge in [-0.2, -0.15) is 0 Å². The lowest BCUT2D eigenvalue weighted by molar-refractivity contribution is 0.104. The molecule has 32 heavy (non-hydrogen) atoms. The van der Waals surface area contributed by atoms with Crippen molar-refractivity contribution in [2.24, 2.45) is 0 Å². The Hall–Kier alpha value is -3.00. The molecule has 1 fully saturated rings. The zero-order chi connectivity index (χ0) is 21.9. The van der Waals surface area contributed by atoms with Crippen molar-refractivity contribution >= 4 is 5.69 Å². The highest BCUT2D eigenvalue weighted by molar-refractivity contribution is 5.44. The van der Waals surface area contributed by atoms with E-state index >= 15 is 0 Å². The topological polar surface area (TPSA) is 46.3 Å². The Labute approximate surface area is 185 Å². The molecule has 166 valence electrons. The lowest BCUT2D eigenvalue weighted by Crippen LogP contribution is -2.31. The van der Waals surface area contributed by atoms with Gasteiger partial charge in [-0.1, -0.05) is 24.3 Å². The molecule has 1 N–H and O–H groups in total. The molecule has 2 aliphatic heterocycles. The van der Waals surface area contributed by atoms with Crippen LogP contribution in [0, 0.1) is 11.6 Å². The number of epoxide rings is 1. The number of anilines is 1. The predicted molar refractivity (Wildman–Crippen MR) is 116 cm³/mol. The first kappa shape index (κ1) is 20.9. The summed E-state index contributed by atoms with van der Waals surface area (Å²) in [4.78, 5) is 2.22. The number of ether oxygens (including phenoxy) is 3. The van der Waals surface area contributed by atoms with Gasteiger partial charge in [-0.15, -0.1) is 0 Å². The average Bonchev–Trinajstić information content (AvgIpc) is 3.58. The van der Waals surface area contributed by atoms with Gasteiger partial charge < -0.3 is 19.5 Å². The van der Waals surface area contributed by atoms with Crippen LogP contribution in [0.3, 0.4) is 0 Å². The van der Waals surface area contributed by atoms with E-state index in [0.717, 1.165) is 29.1 Å². The van der Waals surface area contributed by atoms with Gasteiger partial charge in [0.25, 0.3) is 0 Å². The van der Waals surface area contributed by atoms with E-state index in [1.807, 2.05) is 12.1 Å². The lowest BCUT2D eigenvalue weighted by Gasteiger charge is -2.17. The molecule has 3 aromatic rings. The molecule has 0 aliphatic carbocycles. The van der Waals surface area contributed by atoms with E-state index in [9.17, 15) is 8.78 Å². The summed E-state index contributed by atoms with van der Waals surface area (Å²) in [7, 11) is 0. The van der Waals surface area contributed by atoms with Gasteiger partial charge in [-0.25, -0.2) is 8.78 Å². The van der Waals surface area contributed by atoms with Crippen LogP contribution in [0.5, 0.6) is 5.75 Å². The maximum Gasteiger partial charge on any atom is 0.170 e. The predicted octanol–water partition coefficient (Wildman–Crippen LogP) is 4.67. The molecule has 2 unspecified atom stereocenters. The second-order valence-electron chi connectivity index (χ2n) is 7.94. The fourth-order valence-electron chi connectivity index (χ4n) is 3.87. The summed E-state index contributed by atoms with van der Waals surface area (Å²) < 4.78 is 44.3. The Morgan fingerprint density at radius 1 is 1.00 bits per heavy atom. The zero-order valence-corrected chi connectivity index (χ0v) is 17.5. The summed E-state index contributed by atoms with van der Waals surface area (Å²) in [5, 5.41) is 3.27. The van der Waals surface area contributed by atoms with Crippen LogP contribution in [0.25, 0.3) is 0 Å². The van der Waals surface area contributed by atoms with Gasteiger partial charge in [0.2, 0.25) is 0 Å². The van der Waals surface area contributed by atoms with Crippen LogP contribution in [0.1, 0.15) is 16.7 Å². The maximum atomic E-state index is 13.8. The van der Waals surface area contributed by atoms with Crippen LogP contribution in [0.2, 0.25) is 0 Å². The third kappa shape index (κ3) is 4.91. The van der Waals surface area contributed by atoms with Crippen LogP contribution in [-0.4, -0.2) is 30.5 Å². The molecule has 5 rings (SSSR count). The van der Waals surface area contributed by atoms with Crippen molar-refractivity contribution in [2.75, 3.05) is 18.5 Å². The Balaban J connectivity index is 1.19. The molecule has 2 aliphatic rings. The van der Waals surface area contributed by atoms with E-state index in [1.54, 1.807) is 30.3 Å². The molecule has 2 atom stereocenters. The SMILES string of the molecule is Fc1ccc(NC2OC2N2CCOc3ccc(COCc4ccccc4F)cc3C2)cc1. The summed E-state index contributed by atoms with van der Waals surface area (Å²) in [5.41, 5.74) is 3.43. The van der Waals surface area contributed by atoms with Gasteiger partial charge in [-0.3, -0.25) is 4.90 Å². The highest BCUT2D eigenvalue weighted by atomic mass is 19.1. The molecule has 3 aromatic carbocycles. The Bertz CT molecular complexity index is 1080. The molecule has 7 heteroatoms. The third-order valence-electron chi connectivity index (χ3n) is 5.60. The first-order valence-electron chi connectivity index (χ1n) is 10.6. The quantitative estimate of drug-likeness (QED) is 0.543. The Morgan fingerprint density at radius 2 is 1.84 bits per heavy atom. The van der Waals surface area contributed by atoms with Crippen LogP contribution >= 0.6 is 0 Å². The maximum absolute atomic E-state index is 13.8. The van der Waals surface area contributed by atoms with Crippen molar-refractivity contribution in [3.63, 3.8) is 0 Å². The van der Waals surface area contributed by atoms with Crippen molar-refractivity contribution in [3.8, 4) is 5.75 Å². The van der Waals surface area contributed by atoms with Crippen molar-refractivity contribution < 1.29 is 23.0 Å². The number of hydrogen-bond acceptors (Lipinski definition) is 5. The molecule has 0 saturated carbocycles. The number of benzene rings is 3. The van der Waals surface area contributed by atoms with E-state index in [4.69, 9.17) is 14.2 Å². The molecular weight excluding hydrogens is 414 g/mol. The standard InChI is InChI=1S/C25H24F2N2O3/c26-20-6-8-21(9-7-20)28-24-25(32-24)29-11-12-31-23-10-5-17(13-19(23)14-29)15-30-16-18-3-1-2-4-22(18)27/h1-10,13,24-25,28H,11-12,14-16H2. The van der Waals surface area contributed by atoms with Gasteiger partial charge in [0.05, 0.1) is 13.2 Å². The molecule has 0 amide bonds. The Kier molecular flexibility index (Phi) is 6.03. The van der Waals surface area contributed by atoms with E-state index in [-0.39, 0.29) is 30.7 Å². The zero-order valence-electron chi connectivity index (χ0n) is 17.5. The van der Waals surface area contributed by atoms with Crippen molar-refractivity contribution in [3.05, 3.63) is 95.1 Å². The normalized spacial score (nSPS) is 20.2. The first-order valence-corrected chi connectivity index (χ1v) is 10.6. The van der Waals surface area contributed by atoms with Crippen LogP contribution < -0.4 is 10.1 Å². The smallest absolute Gasteiger partial charge is 0.170 e. The van der Waals surface area contributed by atoms with Gasteiger partial charge in [-0.05, 0) is 48.0 Å². The van der Waals surface area contributed by atoms with Crippen molar-refractivity contribution in [1.82, 2.24) is 4.90 Å². The van der Waals surface area contributed by atoms with E-state index in [1.165, 1.54) is 18.2 Å². The van der Waals surface area contributed by atoms with E-state index < -0.39 is 0 Å². The monoisotopic (exact) mass is 438 g/mol. The summed E-state index contributed by atoms with van der Waals surface area (Å²) in [5.74, 6) is 0.333. The largest absolute Gasteiger partial charge is 0.492 e. The minimum Gasteiger partial charge on any atom is -0.492 e. The molecule has 5 nitrogen and oxygen atoms in total. The molecule has 0 bridgehead atoms. The number of nitrogens with one attached hydrogen (secondary N) is 1. The molecular formula is C25H24F2N2O3. The lowest BCUT2D eigenvalue weighted by atomic mass is 10.1. The van der Waals surface area contributed by atoms with Crippen molar-refractivity contribution in [2.45, 2.75) is 32.2 Å². The Morgan fingerprint density at radius 3 is 2.69 bits per heavy atom.